The fourth-order valence-electron chi connectivity index (χ4n) is 2.87. The Morgan fingerprint density at radius 2 is 2.24 bits per heavy atom. The number of ether oxygens (including phenoxy) is 1. The zero-order chi connectivity index (χ0) is 17.6. The molecule has 0 aliphatic heterocycles. The second kappa shape index (κ2) is 7.95. The summed E-state index contributed by atoms with van der Waals surface area (Å²) in [5, 5.41) is 14.9. The van der Waals surface area contributed by atoms with Gasteiger partial charge >= 0.3 is 0 Å². The fraction of sp³-hybridized carbons (Fsp3) is 0.316. The van der Waals surface area contributed by atoms with Crippen LogP contribution < -0.4 is 10.1 Å². The second-order valence-corrected chi connectivity index (χ2v) is 6.79. The van der Waals surface area contributed by atoms with E-state index in [0.29, 0.717) is 5.69 Å². The highest BCUT2D eigenvalue weighted by Gasteiger charge is 2.19. The summed E-state index contributed by atoms with van der Waals surface area (Å²) in [7, 11) is 1.62. The van der Waals surface area contributed by atoms with Crippen molar-refractivity contribution in [1.29, 1.82) is 5.26 Å². The molecule has 6 heteroatoms. The van der Waals surface area contributed by atoms with Crippen LogP contribution in [-0.4, -0.2) is 24.0 Å². The van der Waals surface area contributed by atoms with Gasteiger partial charge in [0, 0.05) is 17.0 Å². The zero-order valence-corrected chi connectivity index (χ0v) is 14.8. The summed E-state index contributed by atoms with van der Waals surface area (Å²) in [6, 6.07) is 9.81. The largest absolute Gasteiger partial charge is 0.497 e. The summed E-state index contributed by atoms with van der Waals surface area (Å²) in [5.41, 5.74) is 1.65. The van der Waals surface area contributed by atoms with Gasteiger partial charge in [-0.1, -0.05) is 25.0 Å². The Bertz CT molecular complexity index is 829. The lowest BCUT2D eigenvalue weighted by molar-refractivity contribution is -0.117. The van der Waals surface area contributed by atoms with Gasteiger partial charge in [-0.15, -0.1) is 11.3 Å². The number of carbonyl (C=O) groups is 1. The summed E-state index contributed by atoms with van der Waals surface area (Å²) in [6.07, 6.45) is 5.78. The van der Waals surface area contributed by atoms with Crippen LogP contribution in [-0.2, 0) is 4.79 Å². The molecule has 1 aliphatic rings. The van der Waals surface area contributed by atoms with Crippen molar-refractivity contribution < 1.29 is 9.53 Å². The van der Waals surface area contributed by atoms with Gasteiger partial charge in [0.1, 0.15) is 22.4 Å². The first-order chi connectivity index (χ1) is 12.2. The minimum absolute atomic E-state index is 0.0920. The number of thiazole rings is 1. The Labute approximate surface area is 151 Å². The van der Waals surface area contributed by atoms with Crippen molar-refractivity contribution in [2.24, 2.45) is 0 Å². The maximum atomic E-state index is 12.3. The van der Waals surface area contributed by atoms with Gasteiger partial charge in [-0.05, 0) is 31.1 Å². The Morgan fingerprint density at radius 1 is 1.44 bits per heavy atom. The summed E-state index contributed by atoms with van der Waals surface area (Å²) < 4.78 is 5.23. The average molecular weight is 353 g/mol. The molecule has 5 nitrogen and oxygen atoms in total. The molecule has 25 heavy (non-hydrogen) atoms. The standard InChI is InChI=1S/C19H19N3O2S/c1-24-17-8-4-5-13(10-17)19-22-16(12-25-19)9-14(11-20)18(23)21-15-6-2-3-7-15/h4-5,8-10,12,15H,2-3,6-7H2,1H3,(H,21,23)/b14-9+. The molecule has 0 radical (unpaired) electrons. The normalized spacial score (nSPS) is 15.0. The topological polar surface area (TPSA) is 75.0 Å². The number of amides is 1. The molecule has 1 aliphatic carbocycles. The molecule has 1 heterocycles. The smallest absolute Gasteiger partial charge is 0.262 e. The molecule has 2 aromatic rings. The Morgan fingerprint density at radius 3 is 2.96 bits per heavy atom. The molecule has 1 N–H and O–H groups in total. The third-order valence-corrected chi connectivity index (χ3v) is 5.10. The van der Waals surface area contributed by atoms with Crippen molar-refractivity contribution in [1.82, 2.24) is 10.3 Å². The number of nitrogens with one attached hydrogen (secondary N) is 1. The van der Waals surface area contributed by atoms with Crippen LogP contribution >= 0.6 is 11.3 Å². The molecule has 1 aromatic carbocycles. The number of rotatable bonds is 5. The molecule has 1 aromatic heterocycles. The Hall–Kier alpha value is -2.65. The van der Waals surface area contributed by atoms with E-state index in [0.717, 1.165) is 42.0 Å². The molecule has 1 fully saturated rings. The number of benzene rings is 1. The molecule has 3 rings (SSSR count). The zero-order valence-electron chi connectivity index (χ0n) is 14.0. The number of aromatic nitrogens is 1. The number of nitriles is 1. The number of methoxy groups -OCH3 is 1. The molecule has 128 valence electrons. The molecule has 0 bridgehead atoms. The number of hydrogen-bond donors (Lipinski definition) is 1. The molecular weight excluding hydrogens is 334 g/mol. The molecule has 0 saturated heterocycles. The minimum Gasteiger partial charge on any atom is -0.497 e. The predicted octanol–water partition coefficient (Wildman–Crippen LogP) is 3.78. The van der Waals surface area contributed by atoms with E-state index in [4.69, 9.17) is 4.74 Å². The lowest BCUT2D eigenvalue weighted by Crippen LogP contribution is -2.33. The van der Waals surface area contributed by atoms with Gasteiger partial charge in [0.25, 0.3) is 5.91 Å². The summed E-state index contributed by atoms with van der Waals surface area (Å²) in [4.78, 5) is 16.8. The van der Waals surface area contributed by atoms with Gasteiger partial charge in [-0.3, -0.25) is 4.79 Å². The van der Waals surface area contributed by atoms with Gasteiger partial charge in [-0.25, -0.2) is 4.98 Å². The molecule has 1 saturated carbocycles. The Kier molecular flexibility index (Phi) is 5.46. The first-order valence-corrected chi connectivity index (χ1v) is 9.10. The van der Waals surface area contributed by atoms with E-state index in [9.17, 15) is 10.1 Å². The molecule has 1 amide bonds. The van der Waals surface area contributed by atoms with Crippen LogP contribution in [0.25, 0.3) is 16.6 Å². The van der Waals surface area contributed by atoms with Gasteiger partial charge in [0.2, 0.25) is 0 Å². The van der Waals surface area contributed by atoms with Crippen molar-refractivity contribution in [3.63, 3.8) is 0 Å². The highest BCUT2D eigenvalue weighted by Crippen LogP contribution is 2.27. The third kappa shape index (κ3) is 4.25. The second-order valence-electron chi connectivity index (χ2n) is 5.93. The van der Waals surface area contributed by atoms with Gasteiger partial charge in [-0.2, -0.15) is 5.26 Å². The summed E-state index contributed by atoms with van der Waals surface area (Å²) >= 11 is 1.47. The van der Waals surface area contributed by atoms with E-state index in [1.807, 2.05) is 35.7 Å². The van der Waals surface area contributed by atoms with Gasteiger partial charge in [0.05, 0.1) is 12.8 Å². The minimum atomic E-state index is -0.315. The van der Waals surface area contributed by atoms with Crippen molar-refractivity contribution in [3.8, 4) is 22.4 Å². The SMILES string of the molecule is COc1cccc(-c2nc(/C=C(\C#N)C(=O)NC3CCCC3)cs2)c1. The van der Waals surface area contributed by atoms with E-state index < -0.39 is 0 Å². The highest BCUT2D eigenvalue weighted by molar-refractivity contribution is 7.13. The van der Waals surface area contributed by atoms with Crippen molar-refractivity contribution in [2.75, 3.05) is 7.11 Å². The van der Waals surface area contributed by atoms with Crippen LogP contribution in [0.1, 0.15) is 31.4 Å². The first kappa shape index (κ1) is 17.2. The van der Waals surface area contributed by atoms with E-state index in [2.05, 4.69) is 10.3 Å². The number of carbonyl (C=O) groups excluding carboxylic acids is 1. The van der Waals surface area contributed by atoms with Crippen molar-refractivity contribution >= 4 is 23.3 Å². The maximum absolute atomic E-state index is 12.3. The number of hydrogen-bond acceptors (Lipinski definition) is 5. The predicted molar refractivity (Wildman–Crippen MR) is 98.1 cm³/mol. The van der Waals surface area contributed by atoms with Crippen LogP contribution in [0, 0.1) is 11.3 Å². The third-order valence-electron chi connectivity index (χ3n) is 4.19. The highest BCUT2D eigenvalue weighted by atomic mass is 32.1. The summed E-state index contributed by atoms with van der Waals surface area (Å²) in [6.45, 7) is 0. The Balaban J connectivity index is 1.76. The van der Waals surface area contributed by atoms with Crippen LogP contribution in [0.15, 0.2) is 35.2 Å². The fourth-order valence-corrected chi connectivity index (χ4v) is 3.65. The summed E-state index contributed by atoms with van der Waals surface area (Å²) in [5.74, 6) is 0.448. The first-order valence-electron chi connectivity index (χ1n) is 8.22. The van der Waals surface area contributed by atoms with Gasteiger partial charge < -0.3 is 10.1 Å². The van der Waals surface area contributed by atoms with E-state index in [1.54, 1.807) is 13.2 Å². The molecule has 0 unspecified atom stereocenters. The van der Waals surface area contributed by atoms with E-state index in [-0.39, 0.29) is 17.5 Å². The van der Waals surface area contributed by atoms with E-state index in [1.165, 1.54) is 11.3 Å². The monoisotopic (exact) mass is 353 g/mol. The maximum Gasteiger partial charge on any atom is 0.262 e. The van der Waals surface area contributed by atoms with Crippen molar-refractivity contribution in [3.05, 3.63) is 40.9 Å². The van der Waals surface area contributed by atoms with E-state index >= 15 is 0 Å². The number of nitrogens with zero attached hydrogens (tertiary/aromatic N) is 2. The quantitative estimate of drug-likeness (QED) is 0.655. The van der Waals surface area contributed by atoms with Crippen LogP contribution in [0.2, 0.25) is 0 Å². The van der Waals surface area contributed by atoms with Crippen LogP contribution in [0.5, 0.6) is 5.75 Å². The molecule has 0 spiro atoms. The van der Waals surface area contributed by atoms with Crippen molar-refractivity contribution in [2.45, 2.75) is 31.7 Å². The lowest BCUT2D eigenvalue weighted by atomic mass is 10.2. The molecular formula is C19H19N3O2S. The van der Waals surface area contributed by atoms with Crippen LogP contribution in [0.3, 0.4) is 0 Å². The van der Waals surface area contributed by atoms with Crippen LogP contribution in [0.4, 0.5) is 0 Å². The average Bonchev–Trinajstić information content (AvgIpc) is 3.31. The lowest BCUT2D eigenvalue weighted by Gasteiger charge is -2.10. The molecule has 0 atom stereocenters. The van der Waals surface area contributed by atoms with Gasteiger partial charge in [0.15, 0.2) is 0 Å².